The first kappa shape index (κ1) is 26.6. The first-order valence-electron chi connectivity index (χ1n) is 4.58. The fraction of sp³-hybridized carbons (Fsp3) is 0.154. The third-order valence-corrected chi connectivity index (χ3v) is 1.56. The maximum atomic E-state index is 10.4. The van der Waals surface area contributed by atoms with E-state index in [1.165, 1.54) is 13.1 Å². The maximum Gasteiger partial charge on any atom is 0 e. The first-order valence-corrected chi connectivity index (χ1v) is 4.58. The van der Waals surface area contributed by atoms with Crippen molar-refractivity contribution >= 4 is 12.2 Å². The number of carbonyl (C=O) groups excluding carboxylic acids is 1. The Bertz CT molecular complexity index is 437. The summed E-state index contributed by atoms with van der Waals surface area (Å²) < 4.78 is 22.5. The molecule has 0 amide bonds. The topological polar surface area (TPSA) is 98.4 Å². The van der Waals surface area contributed by atoms with Crippen LogP contribution in [0.4, 0.5) is 0 Å². The number of hydrogen-bond donors (Lipinski definition) is 0. The summed E-state index contributed by atoms with van der Waals surface area (Å²) in [5.41, 5.74) is 2.04. The minimum absolute atomic E-state index is 0. The van der Waals surface area contributed by atoms with E-state index in [1.807, 2.05) is 31.2 Å². The summed E-state index contributed by atoms with van der Waals surface area (Å²) in [7, 11) is 0. The smallest absolute Gasteiger partial charge is 0 e. The van der Waals surface area contributed by atoms with Crippen molar-refractivity contribution < 1.29 is 40.9 Å². The molecule has 104 valence electrons. The van der Waals surface area contributed by atoms with E-state index >= 15 is 0 Å². The zero-order valence-electron chi connectivity index (χ0n) is 10.8. The van der Waals surface area contributed by atoms with E-state index in [-0.39, 0.29) is 17.4 Å². The molecule has 0 aliphatic heterocycles. The second-order valence-electron chi connectivity index (χ2n) is 2.67. The fourth-order valence-electron chi connectivity index (χ4n) is 0.889. The van der Waals surface area contributed by atoms with Gasteiger partial charge in [-0.3, -0.25) is 0 Å². The summed E-state index contributed by atoms with van der Waals surface area (Å²) in [6.45, 7) is 16.8. The molecule has 20 heavy (non-hydrogen) atoms. The van der Waals surface area contributed by atoms with Gasteiger partial charge in [0.1, 0.15) is 0 Å². The molecule has 7 heteroatoms. The third-order valence-electron chi connectivity index (χ3n) is 1.56. The van der Waals surface area contributed by atoms with Crippen LogP contribution in [-0.4, -0.2) is 12.2 Å². The zero-order valence-corrected chi connectivity index (χ0v) is 12.1. The largest absolute Gasteiger partial charge is 0 e. The molecule has 0 aromatic heterocycles. The predicted octanol–water partition coefficient (Wildman–Crippen LogP) is 1.78. The molecule has 1 rings (SSSR count). The number of nitrogens with zero attached hydrogens (tertiary/aromatic N) is 1. The van der Waals surface area contributed by atoms with Crippen LogP contribution >= 0.6 is 0 Å². The van der Waals surface area contributed by atoms with Crippen molar-refractivity contribution in [3.05, 3.63) is 55.3 Å². The van der Waals surface area contributed by atoms with E-state index in [1.54, 1.807) is 0 Å². The molecule has 0 radical (unpaired) electrons. The van der Waals surface area contributed by atoms with Gasteiger partial charge < -0.3 is 4.84 Å². The van der Waals surface area contributed by atoms with Crippen LogP contribution in [0.15, 0.2) is 29.4 Å². The Morgan fingerprint density at radius 3 is 2.00 bits per heavy atom. The molecule has 0 unspecified atom stereocenters. The Kier molecular flexibility index (Phi) is 29.7. The van der Waals surface area contributed by atoms with Crippen molar-refractivity contribution in [3.8, 4) is 0 Å². The van der Waals surface area contributed by atoms with Gasteiger partial charge in [-0.2, -0.15) is 0 Å². The minimum Gasteiger partial charge on any atom is 0 e. The van der Waals surface area contributed by atoms with Crippen molar-refractivity contribution in [3.63, 3.8) is 0 Å². The van der Waals surface area contributed by atoms with Crippen LogP contribution in [0.3, 0.4) is 0 Å². The van der Waals surface area contributed by atoms with Crippen LogP contribution in [-0.2, 0) is 40.9 Å². The van der Waals surface area contributed by atoms with Gasteiger partial charge in [0, 0.05) is 24.3 Å². The standard InChI is InChI=1S/C10H11NO2.3CO.Cr/c1-8-5-3-4-6-10(8)7-11-13-9(2)12;3*1-2;/h3-7H,1-2H3;;;;/b11-7+;;;;. The normalized spacial score (nSPS) is 7.00. The molecule has 0 spiro atoms. The van der Waals surface area contributed by atoms with E-state index in [4.69, 9.17) is 14.0 Å². The number of aryl methyl sites for hydroxylation is 1. The molecular weight excluding hydrogens is 302 g/mol. The number of carbonyl (C=O) groups is 1. The van der Waals surface area contributed by atoms with Crippen molar-refractivity contribution in [2.75, 3.05) is 0 Å². The summed E-state index contributed by atoms with van der Waals surface area (Å²) in [6, 6.07) is 7.72. The van der Waals surface area contributed by atoms with Gasteiger partial charge >= 0.3 is 39.9 Å². The summed E-state index contributed by atoms with van der Waals surface area (Å²) in [4.78, 5) is 14.8. The van der Waals surface area contributed by atoms with Gasteiger partial charge in [-0.05, 0) is 18.1 Å². The molecule has 0 aliphatic rings. The fourth-order valence-corrected chi connectivity index (χ4v) is 0.889. The average Bonchev–Trinajstić information content (AvgIpc) is 2.47. The quantitative estimate of drug-likeness (QED) is 0.273. The third kappa shape index (κ3) is 16.1. The summed E-state index contributed by atoms with van der Waals surface area (Å²) in [5, 5.41) is 3.53. The SMILES string of the molecule is CC(=O)O/N=C/c1ccccc1C.[C-]#[O+].[C-]#[O+].[C-]#[O+].[Cr]. The second kappa shape index (κ2) is 22.3. The first-order chi connectivity index (χ1) is 9.20. The number of rotatable bonds is 2. The van der Waals surface area contributed by atoms with Crippen LogP contribution in [0, 0.1) is 26.9 Å². The number of hydrogen-bond acceptors (Lipinski definition) is 3. The van der Waals surface area contributed by atoms with Gasteiger partial charge in [-0.25, -0.2) is 4.79 Å². The van der Waals surface area contributed by atoms with E-state index in [0.717, 1.165) is 11.1 Å². The monoisotopic (exact) mass is 313 g/mol. The van der Waals surface area contributed by atoms with Crippen molar-refractivity contribution in [1.29, 1.82) is 0 Å². The number of benzene rings is 1. The van der Waals surface area contributed by atoms with Gasteiger partial charge in [0.15, 0.2) is 0 Å². The Labute approximate surface area is 128 Å². The number of oxime groups is 1. The van der Waals surface area contributed by atoms with Gasteiger partial charge in [0.25, 0.3) is 0 Å². The van der Waals surface area contributed by atoms with Crippen molar-refractivity contribution in [2.24, 2.45) is 5.16 Å². The molecule has 6 nitrogen and oxygen atoms in total. The van der Waals surface area contributed by atoms with Crippen molar-refractivity contribution in [2.45, 2.75) is 13.8 Å². The molecule has 0 atom stereocenters. The predicted molar refractivity (Wildman–Crippen MR) is 62.3 cm³/mol. The van der Waals surface area contributed by atoms with Crippen LogP contribution in [0.5, 0.6) is 0 Å². The molecule has 0 saturated heterocycles. The van der Waals surface area contributed by atoms with Gasteiger partial charge in [-0.15, -0.1) is 0 Å². The Morgan fingerprint density at radius 1 is 1.15 bits per heavy atom. The summed E-state index contributed by atoms with van der Waals surface area (Å²) in [5.74, 6) is -0.412. The zero-order chi connectivity index (χ0) is 15.7. The minimum atomic E-state index is -0.412. The van der Waals surface area contributed by atoms with Crippen LogP contribution in [0.25, 0.3) is 0 Å². The van der Waals surface area contributed by atoms with E-state index in [2.05, 4.69) is 29.9 Å². The molecule has 0 bridgehead atoms. The summed E-state index contributed by atoms with van der Waals surface area (Å²) >= 11 is 0. The van der Waals surface area contributed by atoms with E-state index < -0.39 is 5.97 Å². The average molecular weight is 313 g/mol. The molecular formula is C13H11CrNO5. The van der Waals surface area contributed by atoms with E-state index in [9.17, 15) is 4.79 Å². The molecule has 1 aromatic rings. The van der Waals surface area contributed by atoms with E-state index in [0.29, 0.717) is 0 Å². The molecule has 0 saturated carbocycles. The van der Waals surface area contributed by atoms with Crippen LogP contribution in [0.2, 0.25) is 0 Å². The molecule has 1 aromatic carbocycles. The second-order valence-corrected chi connectivity index (χ2v) is 2.67. The Balaban J connectivity index is -0.000000162. The van der Waals surface area contributed by atoms with Gasteiger partial charge in [0.05, 0.1) is 6.21 Å². The van der Waals surface area contributed by atoms with Crippen LogP contribution in [0.1, 0.15) is 18.1 Å². The molecule has 0 fully saturated rings. The van der Waals surface area contributed by atoms with Gasteiger partial charge in [0.2, 0.25) is 0 Å². The molecule has 0 aliphatic carbocycles. The molecule has 0 heterocycles. The summed E-state index contributed by atoms with van der Waals surface area (Å²) in [6.07, 6.45) is 1.52. The van der Waals surface area contributed by atoms with Gasteiger partial charge in [-0.1, -0.05) is 29.4 Å². The maximum absolute atomic E-state index is 10.4. The molecule has 0 N–H and O–H groups in total. The van der Waals surface area contributed by atoms with Crippen LogP contribution < -0.4 is 0 Å². The van der Waals surface area contributed by atoms with Crippen molar-refractivity contribution in [1.82, 2.24) is 0 Å². The Morgan fingerprint density at radius 2 is 1.60 bits per heavy atom. The Hall–Kier alpha value is -1.89.